The van der Waals surface area contributed by atoms with Crippen LogP contribution in [0.25, 0.3) is 0 Å². The van der Waals surface area contributed by atoms with E-state index in [1.165, 1.54) is 12.1 Å². The van der Waals surface area contributed by atoms with Gasteiger partial charge in [-0.15, -0.1) is 0 Å². The van der Waals surface area contributed by atoms with Crippen molar-refractivity contribution >= 4 is 11.6 Å². The lowest BCUT2D eigenvalue weighted by Gasteiger charge is -2.37. The van der Waals surface area contributed by atoms with Gasteiger partial charge in [-0.25, -0.2) is 0 Å². The average Bonchev–Trinajstić information content (AvgIpc) is 2.68. The number of carbonyl (C=O) groups is 1. The lowest BCUT2D eigenvalue weighted by Crippen LogP contribution is -2.61. The highest BCUT2D eigenvalue weighted by Gasteiger charge is 2.68. The summed E-state index contributed by atoms with van der Waals surface area (Å²) in [7, 11) is 0. The smallest absolute Gasteiger partial charge is 0.362 e. The molecule has 1 fully saturated rings. The highest BCUT2D eigenvalue weighted by molar-refractivity contribution is 5.99. The number of nitrogens with zero attached hydrogens (tertiary/aromatic N) is 2. The van der Waals surface area contributed by atoms with E-state index in [4.69, 9.17) is 0 Å². The van der Waals surface area contributed by atoms with Crippen molar-refractivity contribution in [1.82, 2.24) is 5.01 Å². The Balaban J connectivity index is 2.04. The maximum absolute atomic E-state index is 13.7. The number of alkyl halides is 3. The highest BCUT2D eigenvalue weighted by atomic mass is 19.4. The first-order valence-electron chi connectivity index (χ1n) is 7.62. The molecule has 3 rings (SSSR count). The van der Waals surface area contributed by atoms with Crippen LogP contribution in [0.15, 0.2) is 35.4 Å². The van der Waals surface area contributed by atoms with Gasteiger partial charge in [0, 0.05) is 11.3 Å². The van der Waals surface area contributed by atoms with Crippen LogP contribution in [0, 0.1) is 5.92 Å². The number of hydrazone groups is 1. The monoisotopic (exact) mass is 326 g/mol. The van der Waals surface area contributed by atoms with E-state index in [0.717, 1.165) is 12.8 Å². The van der Waals surface area contributed by atoms with Gasteiger partial charge in [0.2, 0.25) is 0 Å². The molecule has 1 N–H and O–H groups in total. The molecule has 0 aromatic heterocycles. The molecule has 0 saturated heterocycles. The molecule has 0 spiro atoms. The van der Waals surface area contributed by atoms with E-state index in [2.05, 4.69) is 5.10 Å². The summed E-state index contributed by atoms with van der Waals surface area (Å²) < 4.78 is 41.0. The zero-order valence-corrected chi connectivity index (χ0v) is 12.4. The summed E-state index contributed by atoms with van der Waals surface area (Å²) >= 11 is 0. The number of benzene rings is 1. The molecule has 0 radical (unpaired) electrons. The van der Waals surface area contributed by atoms with Crippen molar-refractivity contribution in [3.63, 3.8) is 0 Å². The molecule has 23 heavy (non-hydrogen) atoms. The van der Waals surface area contributed by atoms with Crippen LogP contribution in [0.1, 0.15) is 42.5 Å². The van der Waals surface area contributed by atoms with Crippen LogP contribution in [0.3, 0.4) is 0 Å². The molecule has 0 bridgehead atoms. The molecule has 1 aromatic carbocycles. The highest BCUT2D eigenvalue weighted by Crippen LogP contribution is 2.47. The van der Waals surface area contributed by atoms with Gasteiger partial charge in [-0.05, 0) is 31.4 Å². The molecular formula is C16H17F3N2O2. The quantitative estimate of drug-likeness (QED) is 0.860. The first-order valence-corrected chi connectivity index (χ1v) is 7.62. The van der Waals surface area contributed by atoms with Crippen LogP contribution >= 0.6 is 0 Å². The number of rotatable bonds is 1. The number of amides is 1. The van der Waals surface area contributed by atoms with Crippen molar-refractivity contribution < 1.29 is 23.1 Å². The van der Waals surface area contributed by atoms with E-state index in [1.54, 1.807) is 18.2 Å². The lowest BCUT2D eigenvalue weighted by atomic mass is 9.87. The van der Waals surface area contributed by atoms with Gasteiger partial charge in [0.05, 0.1) is 5.92 Å². The topological polar surface area (TPSA) is 52.9 Å². The molecule has 1 heterocycles. The Bertz CT molecular complexity index is 630. The van der Waals surface area contributed by atoms with E-state index < -0.39 is 23.7 Å². The second-order valence-corrected chi connectivity index (χ2v) is 5.95. The molecule has 2 aliphatic rings. The second-order valence-electron chi connectivity index (χ2n) is 5.95. The summed E-state index contributed by atoms with van der Waals surface area (Å²) in [6, 6.07) is 7.59. The minimum absolute atomic E-state index is 0.0657. The van der Waals surface area contributed by atoms with Crippen LogP contribution in [-0.2, 0) is 0 Å². The van der Waals surface area contributed by atoms with Gasteiger partial charge in [-0.3, -0.25) is 4.79 Å². The predicted octanol–water partition coefficient (Wildman–Crippen LogP) is 3.33. The van der Waals surface area contributed by atoms with Crippen LogP contribution < -0.4 is 0 Å². The normalized spacial score (nSPS) is 28.1. The maximum atomic E-state index is 13.7. The number of carbonyl (C=O) groups excluding carboxylic acids is 1. The largest absolute Gasteiger partial charge is 0.439 e. The fraction of sp³-hybridized carbons (Fsp3) is 0.500. The van der Waals surface area contributed by atoms with Crippen molar-refractivity contribution in [3.8, 4) is 0 Å². The number of hydrogen-bond acceptors (Lipinski definition) is 3. The van der Waals surface area contributed by atoms with Gasteiger partial charge in [0.25, 0.3) is 11.6 Å². The van der Waals surface area contributed by atoms with Gasteiger partial charge in [-0.1, -0.05) is 31.0 Å². The molecule has 7 heteroatoms. The first-order chi connectivity index (χ1) is 10.9. The van der Waals surface area contributed by atoms with Crippen molar-refractivity contribution in [2.45, 2.75) is 44.0 Å². The summed E-state index contributed by atoms with van der Waals surface area (Å²) in [5, 5.41) is 14.6. The fourth-order valence-corrected chi connectivity index (χ4v) is 3.30. The van der Waals surface area contributed by atoms with Gasteiger partial charge in [0.1, 0.15) is 0 Å². The van der Waals surface area contributed by atoms with E-state index in [-0.39, 0.29) is 22.7 Å². The minimum Gasteiger partial charge on any atom is -0.362 e. The molecule has 4 nitrogen and oxygen atoms in total. The maximum Gasteiger partial charge on any atom is 0.439 e. The Morgan fingerprint density at radius 1 is 1.22 bits per heavy atom. The molecule has 1 saturated carbocycles. The second kappa shape index (κ2) is 5.63. The fourth-order valence-electron chi connectivity index (χ4n) is 3.30. The first kappa shape index (κ1) is 16.0. The summed E-state index contributed by atoms with van der Waals surface area (Å²) in [5.74, 6) is -2.12. The van der Waals surface area contributed by atoms with Crippen LogP contribution in [0.2, 0.25) is 0 Å². The summed E-state index contributed by atoms with van der Waals surface area (Å²) in [4.78, 5) is 12.5. The predicted molar refractivity (Wildman–Crippen MR) is 77.6 cm³/mol. The number of hydrogen-bond donors (Lipinski definition) is 1. The summed E-state index contributed by atoms with van der Waals surface area (Å²) in [5.41, 5.74) is -2.93. The minimum atomic E-state index is -4.97. The van der Waals surface area contributed by atoms with Crippen molar-refractivity contribution in [3.05, 3.63) is 35.9 Å². The summed E-state index contributed by atoms with van der Waals surface area (Å²) in [6.07, 6.45) is -2.32. The number of halogens is 3. The standard InChI is InChI=1S/C16H17F3N2O2/c17-16(18,19)15(23)12-9-5-2-6-10-13(12)20-21(15)14(22)11-7-3-1-4-8-11/h1,3-4,7-8,12,23H,2,5-6,9-10H2/t12-,15-/m1/s1. The van der Waals surface area contributed by atoms with Crippen LogP contribution in [0.5, 0.6) is 0 Å². The third kappa shape index (κ3) is 2.52. The molecule has 0 unspecified atom stereocenters. The Hall–Kier alpha value is -1.89. The third-order valence-electron chi connectivity index (χ3n) is 4.50. The lowest BCUT2D eigenvalue weighted by molar-refractivity contribution is -0.312. The van der Waals surface area contributed by atoms with Crippen molar-refractivity contribution in [2.24, 2.45) is 11.0 Å². The Morgan fingerprint density at radius 2 is 1.91 bits per heavy atom. The third-order valence-corrected chi connectivity index (χ3v) is 4.50. The zero-order chi connectivity index (χ0) is 16.7. The number of aliphatic hydroxyl groups is 1. The average molecular weight is 326 g/mol. The van der Waals surface area contributed by atoms with E-state index >= 15 is 0 Å². The molecule has 124 valence electrons. The van der Waals surface area contributed by atoms with E-state index in [9.17, 15) is 23.1 Å². The van der Waals surface area contributed by atoms with Crippen molar-refractivity contribution in [1.29, 1.82) is 0 Å². The molecular weight excluding hydrogens is 309 g/mol. The molecule has 2 atom stereocenters. The molecule has 1 amide bonds. The molecule has 1 aliphatic carbocycles. The Kier molecular flexibility index (Phi) is 3.91. The number of fused-ring (bicyclic) bond motifs is 1. The van der Waals surface area contributed by atoms with Gasteiger partial charge in [0.15, 0.2) is 0 Å². The van der Waals surface area contributed by atoms with Crippen molar-refractivity contribution in [2.75, 3.05) is 0 Å². The van der Waals surface area contributed by atoms with Gasteiger partial charge < -0.3 is 5.11 Å². The Morgan fingerprint density at radius 3 is 2.57 bits per heavy atom. The van der Waals surface area contributed by atoms with Crippen LogP contribution in [-0.4, -0.2) is 33.6 Å². The zero-order valence-electron chi connectivity index (χ0n) is 12.4. The van der Waals surface area contributed by atoms with Crippen LogP contribution in [0.4, 0.5) is 13.2 Å². The molecule has 1 aliphatic heterocycles. The van der Waals surface area contributed by atoms with E-state index in [0.29, 0.717) is 12.8 Å². The van der Waals surface area contributed by atoms with Gasteiger partial charge in [-0.2, -0.15) is 23.3 Å². The SMILES string of the molecule is O=C(c1ccccc1)N1N=C2CCCCC[C@H]2[C@@]1(O)C(F)(F)F. The van der Waals surface area contributed by atoms with E-state index in [1.807, 2.05) is 0 Å². The van der Waals surface area contributed by atoms with Gasteiger partial charge >= 0.3 is 6.18 Å². The Labute approximate surface area is 131 Å². The summed E-state index contributed by atoms with van der Waals surface area (Å²) in [6.45, 7) is 0. The molecule has 1 aromatic rings.